The number of allylic oxidation sites excluding steroid dienone is 7. The number of hydrogen-bond donors (Lipinski definition) is 2. The minimum atomic E-state index is -0.950. The molecule has 5 heteroatoms. The summed E-state index contributed by atoms with van der Waals surface area (Å²) in [7, 11) is 0. The summed E-state index contributed by atoms with van der Waals surface area (Å²) in [5, 5.41) is 39.1. The third-order valence-electron chi connectivity index (χ3n) is 11.6. The van der Waals surface area contributed by atoms with Crippen molar-refractivity contribution in [1.29, 1.82) is 0 Å². The topological polar surface area (TPSA) is 66.8 Å². The lowest BCUT2D eigenvalue weighted by molar-refractivity contribution is -1.04. The van der Waals surface area contributed by atoms with Crippen molar-refractivity contribution in [3.05, 3.63) is 48.6 Å². The highest BCUT2D eigenvalue weighted by molar-refractivity contribution is 5.28. The van der Waals surface area contributed by atoms with Gasteiger partial charge in [-0.05, 0) is 77.3 Å². The molecule has 0 aromatic carbocycles. The number of hydrogen-bond acceptors (Lipinski definition) is 4. The first-order chi connectivity index (χ1) is 18.6. The molecule has 0 aromatic heterocycles. The molecular weight excluding hydrogens is 472 g/mol. The maximum atomic E-state index is 15.2. The van der Waals surface area contributed by atoms with Crippen LogP contribution in [-0.2, 0) is 0 Å². The van der Waals surface area contributed by atoms with E-state index in [1.165, 1.54) is 25.7 Å². The minimum Gasteiger partial charge on any atom is -0.806 e. The zero-order chi connectivity index (χ0) is 26.2. The molecule has 7 unspecified atom stereocenters. The van der Waals surface area contributed by atoms with E-state index in [0.29, 0.717) is 16.3 Å². The van der Waals surface area contributed by atoms with E-state index < -0.39 is 24.0 Å². The summed E-state index contributed by atoms with van der Waals surface area (Å²) >= 11 is 0. The monoisotopic (exact) mass is 522 g/mol. The van der Waals surface area contributed by atoms with Gasteiger partial charge in [-0.1, -0.05) is 67.9 Å². The number of aliphatic hydroxyl groups excluding tert-OH is 2. The quantitative estimate of drug-likeness (QED) is 0.369. The fourth-order valence-electron chi connectivity index (χ4n) is 10.6. The van der Waals surface area contributed by atoms with Crippen molar-refractivity contribution in [2.45, 2.75) is 113 Å². The van der Waals surface area contributed by atoms with Gasteiger partial charge in [0.2, 0.25) is 0 Å². The van der Waals surface area contributed by atoms with Crippen LogP contribution >= 0.6 is 0 Å². The van der Waals surface area contributed by atoms with Crippen LogP contribution in [0.5, 0.6) is 0 Å². The maximum absolute atomic E-state index is 15.2. The van der Waals surface area contributed by atoms with Crippen molar-refractivity contribution in [3.8, 4) is 0 Å². The Labute approximate surface area is 230 Å². The summed E-state index contributed by atoms with van der Waals surface area (Å²) < 4.78 is 0.513. The summed E-state index contributed by atoms with van der Waals surface area (Å²) in [6.07, 6.45) is 28.5. The Hall–Kier alpha value is -1.24. The molecule has 7 rings (SSSR count). The van der Waals surface area contributed by atoms with Crippen LogP contribution in [0.1, 0.15) is 83.5 Å². The molecule has 4 saturated heterocycles. The zero-order valence-corrected chi connectivity index (χ0v) is 23.3. The van der Waals surface area contributed by atoms with Gasteiger partial charge in [-0.2, -0.15) is 0 Å². The molecule has 9 atom stereocenters. The van der Waals surface area contributed by atoms with Gasteiger partial charge in [0.1, 0.15) is 17.7 Å². The molecule has 0 amide bonds. The first-order valence-corrected chi connectivity index (χ1v) is 15.8. The van der Waals surface area contributed by atoms with Gasteiger partial charge in [0.25, 0.3) is 0 Å². The standard InChI is InChI=1S/C33H50N2O3/c36-28-18-14-10-6-2-5-9-13-17-23-35-25-26-24-32(31(35)38)20-15-11-7-3-1-4-8-12-16-21-34-22-19-27(26)33(35,29(28)37)30(32)34/h4-6,8-10,14,18,26-31,36-37H,1-3,7,11-13,15-17,19-25H2/b8-4-,9-5-,10-6-,18-14-/t26?,27?,28-,29+,30?,31?,32?,33?,35?/m0/s1. The molecule has 0 radical (unpaired) electrons. The van der Waals surface area contributed by atoms with Crippen molar-refractivity contribution in [1.82, 2.24) is 4.90 Å². The van der Waals surface area contributed by atoms with E-state index in [0.717, 1.165) is 84.0 Å². The predicted molar refractivity (Wildman–Crippen MR) is 150 cm³/mol. The molecule has 5 fully saturated rings. The molecule has 6 aliphatic heterocycles. The van der Waals surface area contributed by atoms with Gasteiger partial charge in [0.15, 0.2) is 0 Å². The van der Waals surface area contributed by atoms with Crippen LogP contribution in [-0.4, -0.2) is 75.8 Å². The van der Waals surface area contributed by atoms with Crippen LogP contribution < -0.4 is 5.11 Å². The Kier molecular flexibility index (Phi) is 7.78. The number of aliphatic hydroxyl groups is 2. The van der Waals surface area contributed by atoms with Crippen molar-refractivity contribution >= 4 is 0 Å². The molecule has 3 spiro atoms. The first-order valence-electron chi connectivity index (χ1n) is 15.8. The van der Waals surface area contributed by atoms with E-state index in [2.05, 4.69) is 35.3 Å². The van der Waals surface area contributed by atoms with Crippen LogP contribution in [0.2, 0.25) is 0 Å². The van der Waals surface area contributed by atoms with Gasteiger partial charge in [-0.15, -0.1) is 0 Å². The Morgan fingerprint density at radius 2 is 1.63 bits per heavy atom. The second kappa shape index (κ2) is 11.0. The highest BCUT2D eigenvalue weighted by Gasteiger charge is 2.86. The van der Waals surface area contributed by atoms with Crippen molar-refractivity contribution < 1.29 is 19.8 Å². The van der Waals surface area contributed by atoms with Crippen LogP contribution in [0.15, 0.2) is 48.6 Å². The minimum absolute atomic E-state index is 0.0685. The molecule has 1 aliphatic carbocycles. The average Bonchev–Trinajstić information content (AvgIpc) is 3.20. The Morgan fingerprint density at radius 1 is 0.842 bits per heavy atom. The molecule has 210 valence electrons. The summed E-state index contributed by atoms with van der Waals surface area (Å²) in [5.41, 5.74) is -0.865. The van der Waals surface area contributed by atoms with Crippen LogP contribution in [0.3, 0.4) is 0 Å². The van der Waals surface area contributed by atoms with Crippen molar-refractivity contribution in [2.75, 3.05) is 26.2 Å². The Balaban J connectivity index is 1.47. The van der Waals surface area contributed by atoms with E-state index in [1.54, 1.807) is 6.08 Å². The second-order valence-corrected chi connectivity index (χ2v) is 13.4. The first kappa shape index (κ1) is 27.0. The van der Waals surface area contributed by atoms with Gasteiger partial charge in [-0.25, -0.2) is 0 Å². The highest BCUT2D eigenvalue weighted by Crippen LogP contribution is 2.73. The van der Waals surface area contributed by atoms with E-state index >= 15 is 5.11 Å². The molecule has 7 aliphatic rings. The van der Waals surface area contributed by atoms with Crippen LogP contribution in [0, 0.1) is 17.3 Å². The van der Waals surface area contributed by atoms with Gasteiger partial charge < -0.3 is 19.8 Å². The fraction of sp³-hybridized carbons (Fsp3) is 0.758. The van der Waals surface area contributed by atoms with E-state index in [-0.39, 0.29) is 11.5 Å². The zero-order valence-electron chi connectivity index (χ0n) is 23.3. The average molecular weight is 523 g/mol. The Bertz CT molecular complexity index is 960. The number of quaternary nitrogens is 1. The predicted octanol–water partition coefficient (Wildman–Crippen LogP) is 4.22. The maximum Gasteiger partial charge on any atom is 0.147 e. The van der Waals surface area contributed by atoms with Gasteiger partial charge in [-0.3, -0.25) is 4.90 Å². The van der Waals surface area contributed by atoms with Crippen molar-refractivity contribution in [3.63, 3.8) is 0 Å². The van der Waals surface area contributed by atoms with Crippen molar-refractivity contribution in [2.24, 2.45) is 17.3 Å². The normalized spacial score (nSPS) is 51.3. The van der Waals surface area contributed by atoms with Crippen LogP contribution in [0.25, 0.3) is 0 Å². The summed E-state index contributed by atoms with van der Waals surface area (Å²) in [5.74, 6) is 0.823. The number of piperidine rings is 2. The SMILES string of the molecule is [O-]C1C23CCCCCC/C=C\CCCN4CCC5C(C2)C[N+]12CCC/C=C\C/C=C\C=C/[C@H](O)[C@@H](O)C52C43. The smallest absolute Gasteiger partial charge is 0.147 e. The summed E-state index contributed by atoms with van der Waals surface area (Å²) in [4.78, 5) is 2.66. The summed E-state index contributed by atoms with van der Waals surface area (Å²) in [6, 6.07) is 0.0685. The highest BCUT2D eigenvalue weighted by atomic mass is 16.3. The van der Waals surface area contributed by atoms with E-state index in [1.807, 2.05) is 12.2 Å². The molecule has 6 bridgehead atoms. The summed E-state index contributed by atoms with van der Waals surface area (Å²) in [6.45, 7) is 3.77. The van der Waals surface area contributed by atoms with Crippen LogP contribution in [0.4, 0.5) is 0 Å². The lowest BCUT2D eigenvalue weighted by atomic mass is 9.52. The largest absolute Gasteiger partial charge is 0.806 e. The van der Waals surface area contributed by atoms with E-state index in [4.69, 9.17) is 0 Å². The number of rotatable bonds is 0. The molecule has 38 heavy (non-hydrogen) atoms. The molecule has 0 aromatic rings. The molecule has 2 N–H and O–H groups in total. The molecule has 5 nitrogen and oxygen atoms in total. The molecular formula is C33H50N2O3. The Morgan fingerprint density at radius 3 is 2.53 bits per heavy atom. The number of nitrogens with zero attached hydrogens (tertiary/aromatic N) is 2. The lowest BCUT2D eigenvalue weighted by Gasteiger charge is -2.59. The van der Waals surface area contributed by atoms with Gasteiger partial charge in [0.05, 0.1) is 19.1 Å². The molecule has 6 heterocycles. The van der Waals surface area contributed by atoms with Gasteiger partial charge in [0, 0.05) is 23.5 Å². The molecule has 1 saturated carbocycles. The van der Waals surface area contributed by atoms with Gasteiger partial charge >= 0.3 is 0 Å². The van der Waals surface area contributed by atoms with E-state index in [9.17, 15) is 10.2 Å². The third kappa shape index (κ3) is 3.98. The third-order valence-corrected chi connectivity index (χ3v) is 11.6. The lowest BCUT2D eigenvalue weighted by Crippen LogP contribution is -2.77. The fourth-order valence-corrected chi connectivity index (χ4v) is 10.6. The second-order valence-electron chi connectivity index (χ2n) is 13.4.